The van der Waals surface area contributed by atoms with Crippen molar-refractivity contribution in [3.63, 3.8) is 0 Å². The van der Waals surface area contributed by atoms with Gasteiger partial charge in [0.15, 0.2) is 0 Å². The van der Waals surface area contributed by atoms with E-state index in [4.69, 9.17) is 9.47 Å². The van der Waals surface area contributed by atoms with Gasteiger partial charge in [0.1, 0.15) is 40.9 Å². The van der Waals surface area contributed by atoms with Gasteiger partial charge in [0.05, 0.1) is 6.61 Å². The van der Waals surface area contributed by atoms with Crippen molar-refractivity contribution in [1.29, 1.82) is 0 Å². The normalized spacial score (nSPS) is 12.4. The van der Waals surface area contributed by atoms with Crippen LogP contribution in [0.4, 0.5) is 0 Å². The van der Waals surface area contributed by atoms with Gasteiger partial charge in [0.25, 0.3) is 0 Å². The van der Waals surface area contributed by atoms with Crippen molar-refractivity contribution in [2.24, 2.45) is 0 Å². The number of aromatic nitrogens is 3. The quantitative estimate of drug-likeness (QED) is 0.572. The van der Waals surface area contributed by atoms with Crippen LogP contribution in [0.15, 0.2) is 42.5 Å². The van der Waals surface area contributed by atoms with Gasteiger partial charge in [0, 0.05) is 12.7 Å². The van der Waals surface area contributed by atoms with Crippen LogP contribution in [0.3, 0.4) is 0 Å². The maximum atomic E-state index is 10.3. The van der Waals surface area contributed by atoms with Crippen LogP contribution in [-0.2, 0) is 4.74 Å². The first kappa shape index (κ1) is 18.2. The summed E-state index contributed by atoms with van der Waals surface area (Å²) >= 11 is 0. The van der Waals surface area contributed by atoms with Gasteiger partial charge in [-0.3, -0.25) is 0 Å². The van der Waals surface area contributed by atoms with Crippen molar-refractivity contribution in [2.45, 2.75) is 25.9 Å². The van der Waals surface area contributed by atoms with Crippen molar-refractivity contribution in [1.82, 2.24) is 15.0 Å². The number of ether oxygens (including phenoxy) is 2. The molecule has 0 aliphatic heterocycles. The van der Waals surface area contributed by atoms with Crippen LogP contribution in [-0.4, -0.2) is 51.1 Å². The molecule has 0 aliphatic carbocycles. The van der Waals surface area contributed by atoms with Crippen molar-refractivity contribution >= 4 is 11.0 Å². The van der Waals surface area contributed by atoms with Gasteiger partial charge < -0.3 is 19.7 Å². The monoisotopic (exact) mass is 357 g/mol. The third-order valence-electron chi connectivity index (χ3n) is 3.84. The highest BCUT2D eigenvalue weighted by atomic mass is 16.5. The average Bonchev–Trinajstić information content (AvgIpc) is 3.07. The molecule has 1 heterocycles. The Labute approximate surface area is 151 Å². The number of phenolic OH excluding ortho intramolecular Hbond substituents is 1. The van der Waals surface area contributed by atoms with Crippen LogP contribution < -0.4 is 4.74 Å². The maximum absolute atomic E-state index is 10.3. The summed E-state index contributed by atoms with van der Waals surface area (Å²) in [7, 11) is 0. The van der Waals surface area contributed by atoms with Gasteiger partial charge in [-0.25, -0.2) is 0 Å². The second-order valence-corrected chi connectivity index (χ2v) is 6.02. The molecule has 2 N–H and O–H groups in total. The number of phenols is 1. The standard InChI is InChI=1S/C19H23N3O4/c1-2-3-10-25-12-14(23)13-26-15-8-9-18(19(24)11-15)22-20-16-6-4-5-7-17(16)21-22/h4-9,11,14,23-24H,2-3,10,12-13H2,1H3. The molecule has 1 atom stereocenters. The second-order valence-electron chi connectivity index (χ2n) is 6.02. The van der Waals surface area contributed by atoms with Crippen LogP contribution in [0.25, 0.3) is 16.7 Å². The number of hydrogen-bond donors (Lipinski definition) is 2. The molecule has 3 rings (SSSR count). The fourth-order valence-electron chi connectivity index (χ4n) is 2.44. The number of hydrogen-bond acceptors (Lipinski definition) is 6. The Bertz CT molecular complexity index is 817. The Morgan fingerprint density at radius 3 is 2.46 bits per heavy atom. The molecule has 3 aromatic rings. The Morgan fingerprint density at radius 1 is 1.08 bits per heavy atom. The summed E-state index contributed by atoms with van der Waals surface area (Å²) < 4.78 is 10.9. The van der Waals surface area contributed by atoms with E-state index in [2.05, 4.69) is 17.1 Å². The lowest BCUT2D eigenvalue weighted by molar-refractivity contribution is 0.0113. The van der Waals surface area contributed by atoms with Gasteiger partial charge in [-0.2, -0.15) is 0 Å². The zero-order valence-corrected chi connectivity index (χ0v) is 14.7. The van der Waals surface area contributed by atoms with E-state index in [-0.39, 0.29) is 19.0 Å². The minimum atomic E-state index is -0.716. The third-order valence-corrected chi connectivity index (χ3v) is 3.84. The summed E-state index contributed by atoms with van der Waals surface area (Å²) in [5.74, 6) is 0.451. The molecule has 7 heteroatoms. The minimum Gasteiger partial charge on any atom is -0.505 e. The summed E-state index contributed by atoms with van der Waals surface area (Å²) in [6.07, 6.45) is 1.31. The van der Waals surface area contributed by atoms with Crippen molar-refractivity contribution in [2.75, 3.05) is 19.8 Å². The zero-order chi connectivity index (χ0) is 18.4. The highest BCUT2D eigenvalue weighted by Gasteiger charge is 2.11. The van der Waals surface area contributed by atoms with E-state index in [9.17, 15) is 10.2 Å². The number of aliphatic hydroxyl groups excluding tert-OH is 1. The molecule has 0 saturated heterocycles. The highest BCUT2D eigenvalue weighted by molar-refractivity contribution is 5.73. The fraction of sp³-hybridized carbons (Fsp3) is 0.368. The molecule has 0 radical (unpaired) electrons. The van der Waals surface area contributed by atoms with Crippen LogP contribution in [0.5, 0.6) is 11.5 Å². The first-order valence-electron chi connectivity index (χ1n) is 8.71. The topological polar surface area (TPSA) is 89.6 Å². The molecule has 2 aromatic carbocycles. The molecular weight excluding hydrogens is 334 g/mol. The zero-order valence-electron chi connectivity index (χ0n) is 14.7. The third kappa shape index (κ3) is 4.50. The smallest absolute Gasteiger partial charge is 0.146 e. The average molecular weight is 357 g/mol. The number of aliphatic hydroxyl groups is 1. The molecular formula is C19H23N3O4. The van der Waals surface area contributed by atoms with Gasteiger partial charge >= 0.3 is 0 Å². The molecule has 1 aromatic heterocycles. The largest absolute Gasteiger partial charge is 0.505 e. The lowest BCUT2D eigenvalue weighted by Crippen LogP contribution is -2.23. The fourth-order valence-corrected chi connectivity index (χ4v) is 2.44. The van der Waals surface area contributed by atoms with Gasteiger partial charge in [-0.15, -0.1) is 15.0 Å². The lowest BCUT2D eigenvalue weighted by Gasteiger charge is -2.13. The summed E-state index contributed by atoms with van der Waals surface area (Å²) in [6.45, 7) is 3.04. The minimum absolute atomic E-state index is 0.00325. The number of benzene rings is 2. The van der Waals surface area contributed by atoms with Crippen LogP contribution in [0.1, 0.15) is 19.8 Å². The first-order chi connectivity index (χ1) is 12.7. The number of rotatable bonds is 9. The molecule has 0 aliphatic rings. The van der Waals surface area contributed by atoms with E-state index in [0.717, 1.165) is 23.9 Å². The van der Waals surface area contributed by atoms with Gasteiger partial charge in [-0.05, 0) is 30.7 Å². The van der Waals surface area contributed by atoms with Crippen molar-refractivity contribution < 1.29 is 19.7 Å². The second kappa shape index (κ2) is 8.64. The Kier molecular flexibility index (Phi) is 6.04. The first-order valence-corrected chi connectivity index (χ1v) is 8.71. The van der Waals surface area contributed by atoms with Crippen LogP contribution in [0, 0.1) is 0 Å². The predicted molar refractivity (Wildman–Crippen MR) is 97.8 cm³/mol. The van der Waals surface area contributed by atoms with Crippen LogP contribution >= 0.6 is 0 Å². The van der Waals surface area contributed by atoms with E-state index in [1.165, 1.54) is 10.9 Å². The molecule has 7 nitrogen and oxygen atoms in total. The van der Waals surface area contributed by atoms with Gasteiger partial charge in [-0.1, -0.05) is 25.5 Å². The predicted octanol–water partition coefficient (Wildman–Crippen LogP) is 2.68. The summed E-state index contributed by atoms with van der Waals surface area (Å²) in [4.78, 5) is 1.39. The summed E-state index contributed by atoms with van der Waals surface area (Å²) in [6, 6.07) is 12.3. The maximum Gasteiger partial charge on any atom is 0.146 e. The number of unbranched alkanes of at least 4 members (excludes halogenated alkanes) is 1. The number of aromatic hydroxyl groups is 1. The van der Waals surface area contributed by atoms with E-state index in [0.29, 0.717) is 18.0 Å². The van der Waals surface area contributed by atoms with Gasteiger partial charge in [0.2, 0.25) is 0 Å². The number of fused-ring (bicyclic) bond motifs is 1. The molecule has 0 saturated carbocycles. The Morgan fingerprint density at radius 2 is 1.81 bits per heavy atom. The van der Waals surface area contributed by atoms with E-state index >= 15 is 0 Å². The van der Waals surface area contributed by atoms with E-state index in [1.807, 2.05) is 24.3 Å². The summed E-state index contributed by atoms with van der Waals surface area (Å²) in [5.41, 5.74) is 1.95. The van der Waals surface area contributed by atoms with E-state index < -0.39 is 6.10 Å². The molecule has 0 bridgehead atoms. The molecule has 0 amide bonds. The Balaban J connectivity index is 1.60. The van der Waals surface area contributed by atoms with Crippen LogP contribution in [0.2, 0.25) is 0 Å². The number of nitrogens with zero attached hydrogens (tertiary/aromatic N) is 3. The molecule has 138 valence electrons. The molecule has 1 unspecified atom stereocenters. The Hall–Kier alpha value is -2.64. The highest BCUT2D eigenvalue weighted by Crippen LogP contribution is 2.26. The SMILES string of the molecule is CCCCOCC(O)COc1ccc(-n2nc3ccccc3n2)c(O)c1. The lowest BCUT2D eigenvalue weighted by atomic mass is 10.3. The van der Waals surface area contributed by atoms with Crippen molar-refractivity contribution in [3.8, 4) is 17.2 Å². The molecule has 26 heavy (non-hydrogen) atoms. The summed E-state index contributed by atoms with van der Waals surface area (Å²) in [5, 5.41) is 28.8. The van der Waals surface area contributed by atoms with Crippen molar-refractivity contribution in [3.05, 3.63) is 42.5 Å². The van der Waals surface area contributed by atoms with E-state index in [1.54, 1.807) is 12.1 Å². The molecule has 0 spiro atoms. The molecule has 0 fully saturated rings.